The molecule has 0 aromatic carbocycles. The number of nitrogens with one attached hydrogen (secondary N) is 1. The summed E-state index contributed by atoms with van der Waals surface area (Å²) in [4.78, 5) is 3.97. The predicted molar refractivity (Wildman–Crippen MR) is 60.0 cm³/mol. The number of pyridine rings is 1. The fourth-order valence-corrected chi connectivity index (χ4v) is 1.22. The van der Waals surface area contributed by atoms with Crippen molar-refractivity contribution in [2.75, 3.05) is 6.54 Å². The lowest BCUT2D eigenvalue weighted by molar-refractivity contribution is 0.415. The van der Waals surface area contributed by atoms with Gasteiger partial charge >= 0.3 is 0 Å². The third-order valence-corrected chi connectivity index (χ3v) is 2.36. The van der Waals surface area contributed by atoms with Crippen LogP contribution in [0.15, 0.2) is 24.5 Å². The smallest absolute Gasteiger partial charge is 0.0697 e. The molecule has 1 atom stereocenters. The van der Waals surface area contributed by atoms with Crippen LogP contribution in [0.4, 0.5) is 0 Å². The zero-order valence-electron chi connectivity index (χ0n) is 9.49. The zero-order valence-corrected chi connectivity index (χ0v) is 9.49. The van der Waals surface area contributed by atoms with Crippen LogP contribution in [0.1, 0.15) is 32.4 Å². The minimum absolute atomic E-state index is 0.251. The molecule has 0 saturated carbocycles. The number of hydrogen-bond acceptors (Lipinski definition) is 3. The van der Waals surface area contributed by atoms with Crippen molar-refractivity contribution in [3.63, 3.8) is 0 Å². The Bertz CT molecular complexity index is 338. The van der Waals surface area contributed by atoms with Gasteiger partial charge in [-0.3, -0.25) is 4.98 Å². The van der Waals surface area contributed by atoms with E-state index in [-0.39, 0.29) is 11.5 Å². The van der Waals surface area contributed by atoms with E-state index in [1.807, 2.05) is 26.0 Å². The van der Waals surface area contributed by atoms with E-state index >= 15 is 0 Å². The Morgan fingerprint density at radius 3 is 2.60 bits per heavy atom. The van der Waals surface area contributed by atoms with Crippen LogP contribution in [-0.4, -0.2) is 11.5 Å². The van der Waals surface area contributed by atoms with Gasteiger partial charge in [-0.25, -0.2) is 0 Å². The molecule has 1 rings (SSSR count). The van der Waals surface area contributed by atoms with Crippen molar-refractivity contribution in [2.24, 2.45) is 5.41 Å². The topological polar surface area (TPSA) is 48.7 Å². The van der Waals surface area contributed by atoms with E-state index in [0.717, 1.165) is 0 Å². The Morgan fingerprint density at radius 1 is 1.47 bits per heavy atom. The molecule has 1 unspecified atom stereocenters. The maximum atomic E-state index is 8.88. The van der Waals surface area contributed by atoms with Crippen LogP contribution in [0.5, 0.6) is 0 Å². The second-order valence-corrected chi connectivity index (χ2v) is 4.38. The summed E-state index contributed by atoms with van der Waals surface area (Å²) in [5.41, 5.74) is 0.875. The summed E-state index contributed by atoms with van der Waals surface area (Å²) < 4.78 is 0. The van der Waals surface area contributed by atoms with Crippen molar-refractivity contribution in [2.45, 2.75) is 26.8 Å². The van der Waals surface area contributed by atoms with Gasteiger partial charge in [0.1, 0.15) is 0 Å². The molecular formula is C12H17N3. The molecule has 3 heteroatoms. The molecule has 80 valence electrons. The largest absolute Gasteiger partial charge is 0.309 e. The first-order valence-electron chi connectivity index (χ1n) is 5.10. The van der Waals surface area contributed by atoms with Gasteiger partial charge in [-0.05, 0) is 38.5 Å². The third kappa shape index (κ3) is 3.69. The average Bonchev–Trinajstić information content (AvgIpc) is 2.27. The molecule has 0 radical (unpaired) electrons. The monoisotopic (exact) mass is 203 g/mol. The highest BCUT2D eigenvalue weighted by atomic mass is 14.9. The number of aromatic nitrogens is 1. The molecule has 1 aromatic rings. The van der Waals surface area contributed by atoms with Crippen molar-refractivity contribution >= 4 is 0 Å². The lowest BCUT2D eigenvalue weighted by atomic mass is 9.95. The molecule has 3 nitrogen and oxygen atoms in total. The standard InChI is InChI=1S/C12H17N3/c1-10(11-4-6-14-7-5-11)15-9-12(2,3)8-13/h4-7,10,15H,9H2,1-3H3. The summed E-state index contributed by atoms with van der Waals surface area (Å²) in [7, 11) is 0. The first-order valence-corrected chi connectivity index (χ1v) is 5.10. The van der Waals surface area contributed by atoms with Crippen LogP contribution in [0.25, 0.3) is 0 Å². The molecular weight excluding hydrogens is 186 g/mol. The number of nitrogens with zero attached hydrogens (tertiary/aromatic N) is 2. The molecule has 0 saturated heterocycles. The van der Waals surface area contributed by atoms with Crippen molar-refractivity contribution in [1.82, 2.24) is 10.3 Å². The molecule has 0 aliphatic heterocycles. The molecule has 0 bridgehead atoms. The molecule has 1 heterocycles. The quantitative estimate of drug-likeness (QED) is 0.816. The lowest BCUT2D eigenvalue weighted by Gasteiger charge is -2.20. The molecule has 0 aliphatic rings. The summed E-state index contributed by atoms with van der Waals surface area (Å²) in [6.45, 7) is 6.63. The van der Waals surface area contributed by atoms with Crippen molar-refractivity contribution in [3.05, 3.63) is 30.1 Å². The maximum absolute atomic E-state index is 8.88. The van der Waals surface area contributed by atoms with Gasteiger partial charge in [0.2, 0.25) is 0 Å². The molecule has 0 amide bonds. The van der Waals surface area contributed by atoms with E-state index < -0.39 is 0 Å². The van der Waals surface area contributed by atoms with Gasteiger partial charge in [-0.15, -0.1) is 0 Å². The van der Waals surface area contributed by atoms with Crippen molar-refractivity contribution in [1.29, 1.82) is 5.26 Å². The predicted octanol–water partition coefficient (Wildman–Crippen LogP) is 2.28. The van der Waals surface area contributed by atoms with E-state index in [2.05, 4.69) is 23.3 Å². The molecule has 0 spiro atoms. The van der Waals surface area contributed by atoms with Crippen molar-refractivity contribution in [3.8, 4) is 6.07 Å². The average molecular weight is 203 g/mol. The minimum Gasteiger partial charge on any atom is -0.309 e. The van der Waals surface area contributed by atoms with Gasteiger partial charge in [-0.2, -0.15) is 5.26 Å². The fraction of sp³-hybridized carbons (Fsp3) is 0.500. The summed E-state index contributed by atoms with van der Waals surface area (Å²) in [5, 5.41) is 12.2. The Kier molecular flexibility index (Phi) is 3.81. The van der Waals surface area contributed by atoms with Gasteiger partial charge in [0.15, 0.2) is 0 Å². The van der Waals surface area contributed by atoms with E-state index in [0.29, 0.717) is 6.54 Å². The van der Waals surface area contributed by atoms with Crippen LogP contribution in [0.3, 0.4) is 0 Å². The molecule has 1 aromatic heterocycles. The number of nitriles is 1. The summed E-state index contributed by atoms with van der Waals surface area (Å²) in [5.74, 6) is 0. The zero-order chi connectivity index (χ0) is 11.3. The Hall–Kier alpha value is -1.40. The molecule has 0 fully saturated rings. The summed E-state index contributed by atoms with van der Waals surface area (Å²) >= 11 is 0. The van der Waals surface area contributed by atoms with Gasteiger partial charge in [0, 0.05) is 25.0 Å². The SMILES string of the molecule is CC(NCC(C)(C)C#N)c1ccncc1. The van der Waals surface area contributed by atoms with E-state index in [1.54, 1.807) is 12.4 Å². The highest BCUT2D eigenvalue weighted by molar-refractivity contribution is 5.14. The third-order valence-electron chi connectivity index (χ3n) is 2.36. The minimum atomic E-state index is -0.318. The van der Waals surface area contributed by atoms with Crippen LogP contribution >= 0.6 is 0 Å². The van der Waals surface area contributed by atoms with Gasteiger partial charge < -0.3 is 5.32 Å². The lowest BCUT2D eigenvalue weighted by Crippen LogP contribution is -2.30. The normalized spacial score (nSPS) is 13.2. The van der Waals surface area contributed by atoms with Gasteiger partial charge in [0.05, 0.1) is 11.5 Å². The van der Waals surface area contributed by atoms with E-state index in [9.17, 15) is 0 Å². The van der Waals surface area contributed by atoms with Gasteiger partial charge in [-0.1, -0.05) is 0 Å². The number of hydrogen-bond donors (Lipinski definition) is 1. The molecule has 15 heavy (non-hydrogen) atoms. The maximum Gasteiger partial charge on any atom is 0.0697 e. The van der Waals surface area contributed by atoms with Crippen LogP contribution in [0.2, 0.25) is 0 Å². The summed E-state index contributed by atoms with van der Waals surface area (Å²) in [6.07, 6.45) is 3.56. The summed E-state index contributed by atoms with van der Waals surface area (Å²) in [6, 6.07) is 6.49. The van der Waals surface area contributed by atoms with Crippen molar-refractivity contribution < 1.29 is 0 Å². The highest BCUT2D eigenvalue weighted by Crippen LogP contribution is 2.15. The Morgan fingerprint density at radius 2 is 2.07 bits per heavy atom. The molecule has 1 N–H and O–H groups in total. The highest BCUT2D eigenvalue weighted by Gasteiger charge is 2.17. The number of rotatable bonds is 4. The van der Waals surface area contributed by atoms with Crippen LogP contribution in [-0.2, 0) is 0 Å². The second-order valence-electron chi connectivity index (χ2n) is 4.38. The Labute approximate surface area is 91.1 Å². The first kappa shape index (κ1) is 11.7. The van der Waals surface area contributed by atoms with E-state index in [4.69, 9.17) is 5.26 Å². The van der Waals surface area contributed by atoms with E-state index in [1.165, 1.54) is 5.56 Å². The van der Waals surface area contributed by atoms with Crippen LogP contribution < -0.4 is 5.32 Å². The Balaban J connectivity index is 2.52. The molecule has 0 aliphatic carbocycles. The first-order chi connectivity index (χ1) is 7.05. The van der Waals surface area contributed by atoms with Gasteiger partial charge in [0.25, 0.3) is 0 Å². The second kappa shape index (κ2) is 4.90. The van der Waals surface area contributed by atoms with Crippen LogP contribution in [0, 0.1) is 16.7 Å². The fourth-order valence-electron chi connectivity index (χ4n) is 1.22.